The molecule has 0 saturated carbocycles. The maximum absolute atomic E-state index is 13.3. The molecule has 3 nitrogen and oxygen atoms in total. The summed E-state index contributed by atoms with van der Waals surface area (Å²) in [4.78, 5) is 2.47. The minimum absolute atomic E-state index is 0.320. The van der Waals surface area contributed by atoms with Gasteiger partial charge in [0.2, 0.25) is 0 Å². The molecular weight excluding hydrogens is 309 g/mol. The number of nitrogens with one attached hydrogen (secondary N) is 1. The van der Waals surface area contributed by atoms with Crippen LogP contribution in [0, 0.1) is 11.7 Å². The van der Waals surface area contributed by atoms with Crippen LogP contribution in [-0.2, 0) is 0 Å². The summed E-state index contributed by atoms with van der Waals surface area (Å²) in [6.45, 7) is 6.59. The van der Waals surface area contributed by atoms with E-state index in [1.54, 1.807) is 6.07 Å². The van der Waals surface area contributed by atoms with Gasteiger partial charge in [-0.15, -0.1) is 0 Å². The minimum atomic E-state index is -0.320. The maximum atomic E-state index is 13.3. The first kappa shape index (κ1) is 14.6. The molecule has 1 saturated heterocycles. The number of halogens is 2. The van der Waals surface area contributed by atoms with E-state index in [0.29, 0.717) is 16.1 Å². The Hall–Kier alpha value is -0.810. The van der Waals surface area contributed by atoms with Crippen LogP contribution >= 0.6 is 15.9 Å². The highest BCUT2D eigenvalue weighted by atomic mass is 79.9. The summed E-state index contributed by atoms with van der Waals surface area (Å²) < 4.78 is 13.7. The molecule has 106 valence electrons. The van der Waals surface area contributed by atoms with Crippen LogP contribution in [0.3, 0.4) is 0 Å². The lowest BCUT2D eigenvalue weighted by molar-refractivity contribution is 0.198. The number of nitrogen functional groups attached to an aromatic ring is 1. The Labute approximate surface area is 122 Å². The number of nitrogens with two attached hydrogens (primary N) is 1. The van der Waals surface area contributed by atoms with Crippen molar-refractivity contribution in [2.24, 2.45) is 5.92 Å². The number of benzene rings is 1. The molecular formula is C14H21BrFN3. The summed E-state index contributed by atoms with van der Waals surface area (Å²) in [5.41, 5.74) is 7.09. The van der Waals surface area contributed by atoms with Crippen LogP contribution in [-0.4, -0.2) is 31.1 Å². The molecule has 0 atom stereocenters. The van der Waals surface area contributed by atoms with Gasteiger partial charge in [0.25, 0.3) is 0 Å². The van der Waals surface area contributed by atoms with Crippen molar-refractivity contribution < 1.29 is 4.39 Å². The molecule has 0 spiro atoms. The molecule has 0 radical (unpaired) electrons. The molecule has 0 unspecified atom stereocenters. The van der Waals surface area contributed by atoms with Gasteiger partial charge in [0.15, 0.2) is 0 Å². The van der Waals surface area contributed by atoms with Gasteiger partial charge < -0.3 is 16.0 Å². The van der Waals surface area contributed by atoms with Gasteiger partial charge in [0, 0.05) is 12.6 Å². The molecule has 1 heterocycles. The van der Waals surface area contributed by atoms with Crippen molar-refractivity contribution in [1.82, 2.24) is 4.90 Å². The lowest BCUT2D eigenvalue weighted by Crippen LogP contribution is -2.35. The summed E-state index contributed by atoms with van der Waals surface area (Å²) >= 11 is 3.19. The van der Waals surface area contributed by atoms with Gasteiger partial charge in [-0.2, -0.15) is 0 Å². The number of nitrogens with zero attached hydrogens (tertiary/aromatic N) is 1. The summed E-state index contributed by atoms with van der Waals surface area (Å²) in [6.07, 6.45) is 2.42. The monoisotopic (exact) mass is 329 g/mol. The SMILES string of the molecule is CCN1CCC(CNc2cc(Br)c(F)cc2N)CC1. The van der Waals surface area contributed by atoms with Crippen LogP contribution in [0.15, 0.2) is 16.6 Å². The number of likely N-dealkylation sites (tertiary alicyclic amines) is 1. The van der Waals surface area contributed by atoms with Crippen molar-refractivity contribution in [1.29, 1.82) is 0 Å². The molecule has 1 aliphatic rings. The van der Waals surface area contributed by atoms with Gasteiger partial charge in [0.05, 0.1) is 15.8 Å². The summed E-state index contributed by atoms with van der Waals surface area (Å²) in [5, 5.41) is 3.34. The van der Waals surface area contributed by atoms with Crippen LogP contribution in [0.1, 0.15) is 19.8 Å². The molecule has 2 rings (SSSR count). The lowest BCUT2D eigenvalue weighted by atomic mass is 9.97. The highest BCUT2D eigenvalue weighted by Crippen LogP contribution is 2.27. The van der Waals surface area contributed by atoms with Gasteiger partial charge in [0.1, 0.15) is 5.82 Å². The highest BCUT2D eigenvalue weighted by molar-refractivity contribution is 9.10. The Kier molecular flexibility index (Phi) is 5.05. The summed E-state index contributed by atoms with van der Waals surface area (Å²) in [6, 6.07) is 3.07. The molecule has 0 amide bonds. The number of rotatable bonds is 4. The molecule has 0 bridgehead atoms. The Balaban J connectivity index is 1.88. The van der Waals surface area contributed by atoms with Crippen LogP contribution < -0.4 is 11.1 Å². The van der Waals surface area contributed by atoms with E-state index in [9.17, 15) is 4.39 Å². The van der Waals surface area contributed by atoms with Gasteiger partial charge in [-0.3, -0.25) is 0 Å². The van der Waals surface area contributed by atoms with E-state index in [1.165, 1.54) is 32.0 Å². The fourth-order valence-electron chi connectivity index (χ4n) is 2.48. The van der Waals surface area contributed by atoms with Crippen molar-refractivity contribution in [2.45, 2.75) is 19.8 Å². The third-order valence-corrected chi connectivity index (χ3v) is 4.44. The second kappa shape index (κ2) is 6.57. The second-order valence-electron chi connectivity index (χ2n) is 5.11. The van der Waals surface area contributed by atoms with Crippen LogP contribution in [0.2, 0.25) is 0 Å². The lowest BCUT2D eigenvalue weighted by Gasteiger charge is -2.31. The third kappa shape index (κ3) is 3.83. The summed E-state index contributed by atoms with van der Waals surface area (Å²) in [5.74, 6) is 0.352. The van der Waals surface area contributed by atoms with Crippen molar-refractivity contribution in [2.75, 3.05) is 37.2 Å². The zero-order valence-corrected chi connectivity index (χ0v) is 12.8. The van der Waals surface area contributed by atoms with Crippen molar-refractivity contribution in [3.8, 4) is 0 Å². The Bertz CT molecular complexity index is 431. The molecule has 5 heteroatoms. The molecule has 0 aromatic heterocycles. The Morgan fingerprint density at radius 3 is 2.74 bits per heavy atom. The van der Waals surface area contributed by atoms with Gasteiger partial charge >= 0.3 is 0 Å². The molecule has 3 N–H and O–H groups in total. The van der Waals surface area contributed by atoms with Crippen LogP contribution in [0.25, 0.3) is 0 Å². The average molecular weight is 330 g/mol. The zero-order valence-electron chi connectivity index (χ0n) is 11.3. The summed E-state index contributed by atoms with van der Waals surface area (Å²) in [7, 11) is 0. The number of hydrogen-bond donors (Lipinski definition) is 2. The first-order valence-corrected chi connectivity index (χ1v) is 7.60. The predicted octanol–water partition coefficient (Wildman–Crippen LogP) is 3.31. The van der Waals surface area contributed by atoms with E-state index in [-0.39, 0.29) is 5.82 Å². The fraction of sp³-hybridized carbons (Fsp3) is 0.571. The number of hydrogen-bond acceptors (Lipinski definition) is 3. The van der Waals surface area contributed by atoms with Gasteiger partial charge in [-0.1, -0.05) is 6.92 Å². The molecule has 1 aromatic rings. The van der Waals surface area contributed by atoms with E-state index in [4.69, 9.17) is 5.73 Å². The first-order chi connectivity index (χ1) is 9.10. The fourth-order valence-corrected chi connectivity index (χ4v) is 2.82. The molecule has 0 aliphatic carbocycles. The molecule has 1 aliphatic heterocycles. The smallest absolute Gasteiger partial charge is 0.139 e. The van der Waals surface area contributed by atoms with E-state index < -0.39 is 0 Å². The van der Waals surface area contributed by atoms with Gasteiger partial charge in [-0.05, 0) is 60.4 Å². The zero-order chi connectivity index (χ0) is 13.8. The van der Waals surface area contributed by atoms with Crippen molar-refractivity contribution in [3.05, 3.63) is 22.4 Å². The topological polar surface area (TPSA) is 41.3 Å². The number of piperidine rings is 1. The first-order valence-electron chi connectivity index (χ1n) is 6.81. The van der Waals surface area contributed by atoms with Crippen LogP contribution in [0.4, 0.5) is 15.8 Å². The molecule has 19 heavy (non-hydrogen) atoms. The maximum Gasteiger partial charge on any atom is 0.139 e. The normalized spacial score (nSPS) is 17.6. The molecule has 1 aromatic carbocycles. The third-order valence-electron chi connectivity index (χ3n) is 3.83. The van der Waals surface area contributed by atoms with Crippen molar-refractivity contribution in [3.63, 3.8) is 0 Å². The van der Waals surface area contributed by atoms with Crippen molar-refractivity contribution >= 4 is 27.3 Å². The Morgan fingerprint density at radius 1 is 1.42 bits per heavy atom. The van der Waals surface area contributed by atoms with E-state index >= 15 is 0 Å². The largest absolute Gasteiger partial charge is 0.397 e. The number of anilines is 2. The van der Waals surface area contributed by atoms with Gasteiger partial charge in [-0.25, -0.2) is 4.39 Å². The minimum Gasteiger partial charge on any atom is -0.397 e. The van der Waals surface area contributed by atoms with E-state index in [2.05, 4.69) is 33.1 Å². The predicted molar refractivity (Wildman–Crippen MR) is 81.8 cm³/mol. The van der Waals surface area contributed by atoms with Crippen LogP contribution in [0.5, 0.6) is 0 Å². The average Bonchev–Trinajstić information content (AvgIpc) is 2.42. The second-order valence-corrected chi connectivity index (χ2v) is 5.97. The standard InChI is InChI=1S/C14H21BrFN3/c1-2-19-5-3-10(4-6-19)9-18-14-7-11(15)12(16)8-13(14)17/h7-8,10,18H,2-6,9,17H2,1H3. The highest BCUT2D eigenvalue weighted by Gasteiger charge is 2.18. The Morgan fingerprint density at radius 2 is 2.11 bits per heavy atom. The quantitative estimate of drug-likeness (QED) is 0.832. The molecule has 1 fully saturated rings. The van der Waals surface area contributed by atoms with E-state index in [0.717, 1.165) is 18.8 Å². The van der Waals surface area contributed by atoms with E-state index in [1.807, 2.05) is 0 Å².